The number of nitrogens with zero attached hydrogens (tertiary/aromatic N) is 2. The summed E-state index contributed by atoms with van der Waals surface area (Å²) in [7, 11) is 0. The molecule has 0 amide bonds. The van der Waals surface area contributed by atoms with Crippen molar-refractivity contribution in [3.63, 3.8) is 0 Å². The third-order valence-corrected chi connectivity index (χ3v) is 2.68. The van der Waals surface area contributed by atoms with E-state index in [9.17, 15) is 0 Å². The second-order valence-electron chi connectivity index (χ2n) is 3.23. The number of anilines is 2. The van der Waals surface area contributed by atoms with Crippen LogP contribution in [0, 0.1) is 6.92 Å². The second-order valence-corrected chi connectivity index (χ2v) is 4.45. The number of hydrogen-bond donors (Lipinski definition) is 1. The van der Waals surface area contributed by atoms with E-state index in [0.29, 0.717) is 16.7 Å². The van der Waals surface area contributed by atoms with Gasteiger partial charge in [0.25, 0.3) is 0 Å². The highest BCUT2D eigenvalue weighted by Gasteiger charge is 2.02. The molecule has 1 aromatic heterocycles. The van der Waals surface area contributed by atoms with E-state index in [1.807, 2.05) is 31.2 Å². The maximum Gasteiger partial charge on any atom is 0.135 e. The fraction of sp³-hybridized carbons (Fsp3) is 0.0909. The lowest BCUT2D eigenvalue weighted by Crippen LogP contribution is -1.97. The van der Waals surface area contributed by atoms with Crippen molar-refractivity contribution in [2.75, 3.05) is 5.32 Å². The normalized spacial score (nSPS) is 10.2. The first kappa shape index (κ1) is 11.4. The molecule has 0 aliphatic heterocycles. The number of para-hydroxylation sites is 1. The largest absolute Gasteiger partial charge is 0.339 e. The summed E-state index contributed by atoms with van der Waals surface area (Å²) in [6.45, 7) is 1.84. The molecule has 0 fully saturated rings. The summed E-state index contributed by atoms with van der Waals surface area (Å²) in [5, 5.41) is 3.80. The Labute approximate surface area is 107 Å². The van der Waals surface area contributed by atoms with Gasteiger partial charge in [0.05, 0.1) is 10.7 Å². The van der Waals surface area contributed by atoms with Crippen LogP contribution in [-0.4, -0.2) is 9.97 Å². The van der Waals surface area contributed by atoms with Crippen LogP contribution in [0.4, 0.5) is 11.5 Å². The smallest absolute Gasteiger partial charge is 0.135 e. The van der Waals surface area contributed by atoms with Crippen LogP contribution in [0.25, 0.3) is 0 Å². The zero-order valence-corrected chi connectivity index (χ0v) is 10.9. The summed E-state index contributed by atoms with van der Waals surface area (Å²) in [6, 6.07) is 9.32. The van der Waals surface area contributed by atoms with Gasteiger partial charge in [0.15, 0.2) is 0 Å². The minimum atomic E-state index is 0.662. The van der Waals surface area contributed by atoms with Crippen molar-refractivity contribution in [2.24, 2.45) is 0 Å². The monoisotopic (exact) mass is 297 g/mol. The molecule has 0 aliphatic carbocycles. The summed E-state index contributed by atoms with van der Waals surface area (Å²) in [5.74, 6) is 1.41. The summed E-state index contributed by atoms with van der Waals surface area (Å²) in [4.78, 5) is 8.39. The Balaban J connectivity index is 2.30. The predicted molar refractivity (Wildman–Crippen MR) is 69.2 cm³/mol. The van der Waals surface area contributed by atoms with E-state index in [0.717, 1.165) is 10.3 Å². The number of rotatable bonds is 2. The highest BCUT2D eigenvalue weighted by atomic mass is 79.9. The minimum absolute atomic E-state index is 0.662. The van der Waals surface area contributed by atoms with E-state index < -0.39 is 0 Å². The number of nitrogens with one attached hydrogen (secondary N) is 1. The Kier molecular flexibility index (Phi) is 3.41. The molecule has 0 bridgehead atoms. The molecule has 2 aromatic rings. The van der Waals surface area contributed by atoms with Crippen molar-refractivity contribution < 1.29 is 0 Å². The molecule has 0 aliphatic rings. The fourth-order valence-corrected chi connectivity index (χ4v) is 1.95. The molecule has 0 spiro atoms. The van der Waals surface area contributed by atoms with Crippen molar-refractivity contribution >= 4 is 39.0 Å². The first-order valence-corrected chi connectivity index (χ1v) is 5.85. The van der Waals surface area contributed by atoms with Crippen LogP contribution in [0.3, 0.4) is 0 Å². The average molecular weight is 299 g/mol. The lowest BCUT2D eigenvalue weighted by atomic mass is 10.3. The maximum atomic E-state index is 6.04. The van der Waals surface area contributed by atoms with Crippen molar-refractivity contribution in [1.82, 2.24) is 9.97 Å². The number of hydrogen-bond acceptors (Lipinski definition) is 3. The molecule has 3 nitrogen and oxygen atoms in total. The minimum Gasteiger partial charge on any atom is -0.339 e. The Morgan fingerprint density at radius 1 is 1.25 bits per heavy atom. The van der Waals surface area contributed by atoms with Gasteiger partial charge in [-0.15, -0.1) is 0 Å². The van der Waals surface area contributed by atoms with E-state index in [1.54, 1.807) is 6.07 Å². The molecule has 1 N–H and O–H groups in total. The molecular formula is C11H9BrClN3. The Morgan fingerprint density at radius 2 is 2.00 bits per heavy atom. The molecule has 1 heterocycles. The first-order valence-electron chi connectivity index (χ1n) is 4.68. The SMILES string of the molecule is Cc1nc(Br)cc(Nc2ccccc2Cl)n1. The van der Waals surface area contributed by atoms with E-state index in [1.165, 1.54) is 0 Å². The van der Waals surface area contributed by atoms with Crippen LogP contribution in [-0.2, 0) is 0 Å². The molecule has 16 heavy (non-hydrogen) atoms. The summed E-state index contributed by atoms with van der Waals surface area (Å²) in [6.07, 6.45) is 0. The number of aromatic nitrogens is 2. The quantitative estimate of drug-likeness (QED) is 0.853. The van der Waals surface area contributed by atoms with E-state index in [4.69, 9.17) is 11.6 Å². The standard InChI is InChI=1S/C11H9BrClN3/c1-7-14-10(12)6-11(15-7)16-9-5-3-2-4-8(9)13/h2-6H,1H3,(H,14,15,16). The van der Waals surface area contributed by atoms with E-state index in [-0.39, 0.29) is 0 Å². The lowest BCUT2D eigenvalue weighted by Gasteiger charge is -2.07. The van der Waals surface area contributed by atoms with Crippen molar-refractivity contribution in [1.29, 1.82) is 0 Å². The molecule has 0 unspecified atom stereocenters. The van der Waals surface area contributed by atoms with Gasteiger partial charge < -0.3 is 5.32 Å². The van der Waals surface area contributed by atoms with Crippen LogP contribution in [0.1, 0.15) is 5.82 Å². The summed E-state index contributed by atoms with van der Waals surface area (Å²) < 4.78 is 0.745. The molecule has 82 valence electrons. The van der Waals surface area contributed by atoms with E-state index in [2.05, 4.69) is 31.2 Å². The van der Waals surface area contributed by atoms with Crippen molar-refractivity contribution in [2.45, 2.75) is 6.92 Å². The number of benzene rings is 1. The molecule has 2 rings (SSSR count). The van der Waals surface area contributed by atoms with Gasteiger partial charge in [-0.3, -0.25) is 0 Å². The first-order chi connectivity index (χ1) is 7.65. The van der Waals surface area contributed by atoms with Crippen LogP contribution in [0.2, 0.25) is 5.02 Å². The molecule has 5 heteroatoms. The van der Waals surface area contributed by atoms with Crippen LogP contribution in [0.5, 0.6) is 0 Å². The fourth-order valence-electron chi connectivity index (χ4n) is 1.30. The predicted octanol–water partition coefficient (Wildman–Crippen LogP) is 3.94. The number of halogens is 2. The Bertz CT molecular complexity index is 496. The summed E-state index contributed by atoms with van der Waals surface area (Å²) in [5.41, 5.74) is 0.828. The van der Waals surface area contributed by atoms with Crippen LogP contribution in [0.15, 0.2) is 34.9 Å². The van der Waals surface area contributed by atoms with Crippen LogP contribution >= 0.6 is 27.5 Å². The van der Waals surface area contributed by atoms with Crippen LogP contribution < -0.4 is 5.32 Å². The van der Waals surface area contributed by atoms with Gasteiger partial charge in [0.1, 0.15) is 16.2 Å². The van der Waals surface area contributed by atoms with Gasteiger partial charge in [-0.1, -0.05) is 23.7 Å². The molecule has 1 aromatic carbocycles. The third kappa shape index (κ3) is 2.71. The lowest BCUT2D eigenvalue weighted by molar-refractivity contribution is 1.04. The number of aryl methyl sites for hydroxylation is 1. The van der Waals surface area contributed by atoms with Gasteiger partial charge in [-0.05, 0) is 35.0 Å². The van der Waals surface area contributed by atoms with Crippen molar-refractivity contribution in [3.8, 4) is 0 Å². The third-order valence-electron chi connectivity index (χ3n) is 1.94. The molecule has 0 radical (unpaired) electrons. The van der Waals surface area contributed by atoms with Gasteiger partial charge in [0.2, 0.25) is 0 Å². The zero-order valence-electron chi connectivity index (χ0n) is 8.54. The highest BCUT2D eigenvalue weighted by Crippen LogP contribution is 2.24. The Morgan fingerprint density at radius 3 is 2.69 bits per heavy atom. The summed E-state index contributed by atoms with van der Waals surface area (Å²) >= 11 is 9.36. The van der Waals surface area contributed by atoms with Gasteiger partial charge in [0, 0.05) is 6.07 Å². The molecule has 0 saturated carbocycles. The maximum absolute atomic E-state index is 6.04. The highest BCUT2D eigenvalue weighted by molar-refractivity contribution is 9.10. The van der Waals surface area contributed by atoms with Gasteiger partial charge in [-0.25, -0.2) is 9.97 Å². The average Bonchev–Trinajstić information content (AvgIpc) is 2.20. The molecule has 0 atom stereocenters. The van der Waals surface area contributed by atoms with Crippen molar-refractivity contribution in [3.05, 3.63) is 45.8 Å². The Hall–Kier alpha value is -1.13. The second kappa shape index (κ2) is 4.80. The van der Waals surface area contributed by atoms with Gasteiger partial charge in [-0.2, -0.15) is 0 Å². The van der Waals surface area contributed by atoms with Gasteiger partial charge >= 0.3 is 0 Å². The topological polar surface area (TPSA) is 37.8 Å². The van der Waals surface area contributed by atoms with E-state index >= 15 is 0 Å². The molecule has 0 saturated heterocycles. The molecular weight excluding hydrogens is 289 g/mol. The zero-order chi connectivity index (χ0) is 11.5.